The van der Waals surface area contributed by atoms with E-state index in [1.165, 1.54) is 11.3 Å². The van der Waals surface area contributed by atoms with Crippen molar-refractivity contribution in [3.63, 3.8) is 0 Å². The first kappa shape index (κ1) is 17.6. The molecule has 0 spiro atoms. The van der Waals surface area contributed by atoms with Crippen LogP contribution in [0, 0.1) is 0 Å². The fourth-order valence-electron chi connectivity index (χ4n) is 2.74. The summed E-state index contributed by atoms with van der Waals surface area (Å²) < 4.78 is 7.98. The Balaban J connectivity index is 2.04. The molecule has 9 heteroatoms. The summed E-state index contributed by atoms with van der Waals surface area (Å²) in [5.41, 5.74) is 0.766. The van der Waals surface area contributed by atoms with Crippen molar-refractivity contribution in [3.05, 3.63) is 22.0 Å². The maximum Gasteiger partial charge on any atom is 0.268 e. The van der Waals surface area contributed by atoms with Gasteiger partial charge in [-0.25, -0.2) is 0 Å². The summed E-state index contributed by atoms with van der Waals surface area (Å²) in [5, 5.41) is 0.543. The lowest BCUT2D eigenvalue weighted by atomic mass is 10.3. The predicted molar refractivity (Wildman–Crippen MR) is 93.6 cm³/mol. The average molecular weight is 382 g/mol. The molecule has 1 aromatic carbocycles. The second-order valence-electron chi connectivity index (χ2n) is 5.44. The monoisotopic (exact) mass is 381 g/mol. The molecule has 0 radical (unpaired) electrons. The van der Waals surface area contributed by atoms with Gasteiger partial charge in [-0.2, -0.15) is 4.99 Å². The van der Waals surface area contributed by atoms with Crippen molar-refractivity contribution in [3.8, 4) is 5.75 Å². The Kier molecular flexibility index (Phi) is 4.91. The number of carbonyl (C=O) groups excluding carboxylic acids is 3. The number of likely N-dealkylation sites (tertiary alicyclic amines) is 1. The maximum absolute atomic E-state index is 12.3. The minimum absolute atomic E-state index is 0.150. The van der Waals surface area contributed by atoms with Crippen molar-refractivity contribution >= 4 is 50.9 Å². The molecule has 2 heterocycles. The molecular weight excluding hydrogens is 366 g/mol. The van der Waals surface area contributed by atoms with Crippen LogP contribution < -0.4 is 9.54 Å². The van der Waals surface area contributed by atoms with Crippen LogP contribution in [-0.4, -0.2) is 40.8 Å². The largest absolute Gasteiger partial charge is 0.495 e. The van der Waals surface area contributed by atoms with Crippen LogP contribution in [0.25, 0.3) is 10.2 Å². The highest BCUT2D eigenvalue weighted by Crippen LogP contribution is 2.33. The van der Waals surface area contributed by atoms with Gasteiger partial charge in [0, 0.05) is 19.4 Å². The van der Waals surface area contributed by atoms with Crippen LogP contribution in [0.2, 0.25) is 5.02 Å². The Morgan fingerprint density at radius 3 is 2.60 bits per heavy atom. The van der Waals surface area contributed by atoms with E-state index in [0.717, 1.165) is 15.1 Å². The first-order chi connectivity index (χ1) is 12.0. The number of rotatable bonds is 4. The molecule has 0 aliphatic carbocycles. The highest BCUT2D eigenvalue weighted by atomic mass is 35.5. The minimum atomic E-state index is -0.549. The van der Waals surface area contributed by atoms with E-state index in [4.69, 9.17) is 16.3 Å². The predicted octanol–water partition coefficient (Wildman–Crippen LogP) is 1.96. The smallest absolute Gasteiger partial charge is 0.268 e. The quantitative estimate of drug-likeness (QED) is 0.758. The number of benzene rings is 1. The topological polar surface area (TPSA) is 81.0 Å². The first-order valence-electron chi connectivity index (χ1n) is 7.72. The lowest BCUT2D eigenvalue weighted by Crippen LogP contribution is -2.34. The molecule has 3 amide bonds. The molecule has 0 bridgehead atoms. The molecule has 1 aliphatic rings. The molecule has 1 aromatic heterocycles. The van der Waals surface area contributed by atoms with Gasteiger partial charge in [0.25, 0.3) is 5.91 Å². The van der Waals surface area contributed by atoms with Gasteiger partial charge in [-0.1, -0.05) is 22.9 Å². The number of aromatic nitrogens is 1. The van der Waals surface area contributed by atoms with Crippen molar-refractivity contribution in [2.45, 2.75) is 26.3 Å². The SMILES string of the molecule is CCn1c(=NC(=O)CN2C(=O)CCC2=O)sc2c(Cl)ccc(OC)c21. The Morgan fingerprint density at radius 1 is 1.32 bits per heavy atom. The molecule has 0 unspecified atom stereocenters. The standard InChI is InChI=1S/C16H16ClN3O4S/c1-3-19-14-10(24-2)5-4-9(17)15(14)25-16(19)18-11(21)8-20-12(22)6-7-13(20)23/h4-5H,3,6-8H2,1-2H3. The summed E-state index contributed by atoms with van der Waals surface area (Å²) in [6.07, 6.45) is 0.299. The number of thiazole rings is 1. The van der Waals surface area contributed by atoms with Gasteiger partial charge in [0.05, 0.1) is 16.8 Å². The fraction of sp³-hybridized carbons (Fsp3) is 0.375. The Labute approximate surface area is 152 Å². The number of carbonyl (C=O) groups is 3. The molecule has 7 nitrogen and oxygen atoms in total. The Bertz CT molecular complexity index is 931. The molecule has 0 saturated carbocycles. The molecule has 1 fully saturated rings. The number of fused-ring (bicyclic) bond motifs is 1. The van der Waals surface area contributed by atoms with Gasteiger partial charge in [-0.05, 0) is 19.1 Å². The zero-order valence-electron chi connectivity index (χ0n) is 13.7. The van der Waals surface area contributed by atoms with Gasteiger partial charge >= 0.3 is 0 Å². The molecule has 132 valence electrons. The van der Waals surface area contributed by atoms with Crippen LogP contribution >= 0.6 is 22.9 Å². The molecule has 25 heavy (non-hydrogen) atoms. The van der Waals surface area contributed by atoms with Gasteiger partial charge in [-0.3, -0.25) is 19.3 Å². The molecule has 0 N–H and O–H groups in total. The van der Waals surface area contributed by atoms with E-state index in [0.29, 0.717) is 22.1 Å². The van der Waals surface area contributed by atoms with Crippen LogP contribution in [0.3, 0.4) is 0 Å². The second-order valence-corrected chi connectivity index (χ2v) is 6.82. The number of aryl methyl sites for hydroxylation is 1. The number of methoxy groups -OCH3 is 1. The molecule has 0 atom stereocenters. The molecule has 3 rings (SSSR count). The third-order valence-electron chi connectivity index (χ3n) is 3.95. The third-order valence-corrected chi connectivity index (χ3v) is 5.48. The molecule has 1 aliphatic heterocycles. The first-order valence-corrected chi connectivity index (χ1v) is 8.92. The Hall–Kier alpha value is -2.19. The average Bonchev–Trinajstić information content (AvgIpc) is 3.10. The summed E-state index contributed by atoms with van der Waals surface area (Å²) in [5.74, 6) is -0.584. The van der Waals surface area contributed by atoms with Crippen molar-refractivity contribution < 1.29 is 19.1 Å². The zero-order valence-corrected chi connectivity index (χ0v) is 15.3. The van der Waals surface area contributed by atoms with Crippen LogP contribution in [0.1, 0.15) is 19.8 Å². The fourth-order valence-corrected chi connectivity index (χ4v) is 4.14. The summed E-state index contributed by atoms with van der Waals surface area (Å²) in [6, 6.07) is 3.49. The summed E-state index contributed by atoms with van der Waals surface area (Å²) in [4.78, 5) is 41.1. The number of ether oxygens (including phenoxy) is 1. The van der Waals surface area contributed by atoms with Crippen LogP contribution in [0.15, 0.2) is 17.1 Å². The number of halogens is 1. The van der Waals surface area contributed by atoms with Crippen molar-refractivity contribution in [2.75, 3.05) is 13.7 Å². The highest BCUT2D eigenvalue weighted by Gasteiger charge is 2.30. The van der Waals surface area contributed by atoms with Crippen LogP contribution in [0.4, 0.5) is 0 Å². The number of hydrogen-bond acceptors (Lipinski definition) is 5. The van der Waals surface area contributed by atoms with E-state index in [2.05, 4.69) is 4.99 Å². The number of hydrogen-bond donors (Lipinski definition) is 0. The van der Waals surface area contributed by atoms with Gasteiger partial charge in [-0.15, -0.1) is 0 Å². The molecular formula is C16H16ClN3O4S. The molecule has 1 saturated heterocycles. The van der Waals surface area contributed by atoms with Gasteiger partial charge in [0.1, 0.15) is 17.8 Å². The second kappa shape index (κ2) is 6.97. The van der Waals surface area contributed by atoms with Crippen molar-refractivity contribution in [1.29, 1.82) is 0 Å². The van der Waals surface area contributed by atoms with Crippen molar-refractivity contribution in [2.24, 2.45) is 4.99 Å². The zero-order chi connectivity index (χ0) is 18.1. The van der Waals surface area contributed by atoms with E-state index in [-0.39, 0.29) is 31.2 Å². The van der Waals surface area contributed by atoms with E-state index < -0.39 is 5.91 Å². The Morgan fingerprint density at radius 2 is 2.00 bits per heavy atom. The number of amides is 3. The normalized spacial score (nSPS) is 15.5. The van der Waals surface area contributed by atoms with Gasteiger partial charge in [0.2, 0.25) is 11.8 Å². The lowest BCUT2D eigenvalue weighted by molar-refractivity contribution is -0.141. The lowest BCUT2D eigenvalue weighted by Gasteiger charge is -2.10. The minimum Gasteiger partial charge on any atom is -0.495 e. The van der Waals surface area contributed by atoms with Gasteiger partial charge in [0.15, 0.2) is 4.80 Å². The van der Waals surface area contributed by atoms with Crippen LogP contribution in [0.5, 0.6) is 5.75 Å². The van der Waals surface area contributed by atoms with E-state index in [1.807, 2.05) is 11.5 Å². The summed E-state index contributed by atoms with van der Waals surface area (Å²) >= 11 is 7.53. The highest BCUT2D eigenvalue weighted by molar-refractivity contribution is 7.17. The third kappa shape index (κ3) is 3.19. The molecule has 2 aromatic rings. The van der Waals surface area contributed by atoms with Gasteiger partial charge < -0.3 is 9.30 Å². The van der Waals surface area contributed by atoms with E-state index in [9.17, 15) is 14.4 Å². The number of imide groups is 1. The van der Waals surface area contributed by atoms with Crippen molar-refractivity contribution in [1.82, 2.24) is 9.47 Å². The summed E-state index contributed by atoms with van der Waals surface area (Å²) in [7, 11) is 1.56. The maximum atomic E-state index is 12.3. The van der Waals surface area contributed by atoms with E-state index in [1.54, 1.807) is 19.2 Å². The number of nitrogens with zero attached hydrogens (tertiary/aromatic N) is 3. The van der Waals surface area contributed by atoms with E-state index >= 15 is 0 Å². The summed E-state index contributed by atoms with van der Waals surface area (Å²) in [6.45, 7) is 2.15. The van der Waals surface area contributed by atoms with Crippen LogP contribution in [-0.2, 0) is 20.9 Å².